The number of H-pyrrole nitrogens is 1. The summed E-state index contributed by atoms with van der Waals surface area (Å²) in [4.78, 5) is 24.9. The van der Waals surface area contributed by atoms with Crippen molar-refractivity contribution in [1.82, 2.24) is 9.55 Å². The van der Waals surface area contributed by atoms with Crippen molar-refractivity contribution in [3.63, 3.8) is 0 Å². The van der Waals surface area contributed by atoms with E-state index in [0.717, 1.165) is 14.2 Å². The Morgan fingerprint density at radius 1 is 1.30 bits per heavy atom. The summed E-state index contributed by atoms with van der Waals surface area (Å²) in [6.07, 6.45) is 2.26. The molecule has 2 unspecified atom stereocenters. The van der Waals surface area contributed by atoms with Gasteiger partial charge in [0, 0.05) is 26.0 Å². The third-order valence-electron chi connectivity index (χ3n) is 2.74. The third kappa shape index (κ3) is 4.57. The van der Waals surface area contributed by atoms with Gasteiger partial charge in [-0.25, -0.2) is 4.79 Å². The van der Waals surface area contributed by atoms with E-state index in [1.165, 1.54) is 10.8 Å². The zero-order chi connectivity index (χ0) is 15.7. The van der Waals surface area contributed by atoms with E-state index < -0.39 is 5.69 Å². The average Bonchev–Trinajstić information content (AvgIpc) is 2.96. The van der Waals surface area contributed by atoms with Gasteiger partial charge >= 0.3 is 5.69 Å². The molecule has 0 aliphatic carbocycles. The molecule has 8 nitrogen and oxygen atoms in total. The summed E-state index contributed by atoms with van der Waals surface area (Å²) in [5.41, 5.74) is -0.382. The molecule has 1 aliphatic rings. The Labute approximate surface area is 116 Å². The Morgan fingerprint density at radius 2 is 1.90 bits per heavy atom. The molecule has 2 rings (SSSR count). The highest BCUT2D eigenvalue weighted by Crippen LogP contribution is 2.26. The number of rotatable bonds is 2. The molecule has 1 saturated heterocycles. The zero-order valence-electron chi connectivity index (χ0n) is 11.9. The first-order chi connectivity index (χ1) is 9.61. The van der Waals surface area contributed by atoms with Gasteiger partial charge in [-0.3, -0.25) is 14.3 Å². The number of hydrogen-bond acceptors (Lipinski definition) is 6. The molecule has 116 valence electrons. The maximum Gasteiger partial charge on any atom is 0.330 e. The Kier molecular flexibility index (Phi) is 8.73. The molecule has 20 heavy (non-hydrogen) atoms. The predicted molar refractivity (Wildman–Crippen MR) is 72.6 cm³/mol. The lowest BCUT2D eigenvalue weighted by Crippen LogP contribution is -2.33. The van der Waals surface area contributed by atoms with Crippen LogP contribution in [0.15, 0.2) is 15.8 Å². The van der Waals surface area contributed by atoms with Crippen LogP contribution in [0, 0.1) is 6.92 Å². The number of aromatic nitrogens is 2. The van der Waals surface area contributed by atoms with Crippen molar-refractivity contribution in [1.29, 1.82) is 0 Å². The quantitative estimate of drug-likeness (QED) is 0.538. The second-order valence-electron chi connectivity index (χ2n) is 3.95. The van der Waals surface area contributed by atoms with Crippen molar-refractivity contribution in [2.45, 2.75) is 32.1 Å². The first kappa shape index (κ1) is 18.5. The van der Waals surface area contributed by atoms with Crippen LogP contribution in [0.4, 0.5) is 0 Å². The molecule has 2 heterocycles. The van der Waals surface area contributed by atoms with E-state index in [9.17, 15) is 9.59 Å². The lowest BCUT2D eigenvalue weighted by atomic mass is 10.2. The second-order valence-corrected chi connectivity index (χ2v) is 3.95. The van der Waals surface area contributed by atoms with Crippen LogP contribution >= 0.6 is 0 Å². The van der Waals surface area contributed by atoms with Crippen LogP contribution in [-0.4, -0.2) is 51.8 Å². The molecule has 0 aromatic carbocycles. The Bertz CT molecular complexity index is 495. The van der Waals surface area contributed by atoms with Crippen LogP contribution in [0.2, 0.25) is 0 Å². The highest BCUT2D eigenvalue weighted by atomic mass is 16.5. The van der Waals surface area contributed by atoms with Gasteiger partial charge in [0.2, 0.25) is 0 Å². The molecular weight excluding hydrogens is 268 g/mol. The van der Waals surface area contributed by atoms with Crippen LogP contribution in [0.5, 0.6) is 0 Å². The minimum Gasteiger partial charge on any atom is -0.400 e. The number of nitrogens with zero attached hydrogens (tertiary/aromatic N) is 1. The Hall–Kier alpha value is -1.48. The van der Waals surface area contributed by atoms with Crippen molar-refractivity contribution in [3.8, 4) is 0 Å². The smallest absolute Gasteiger partial charge is 0.330 e. The molecule has 1 aromatic rings. The summed E-state index contributed by atoms with van der Waals surface area (Å²) in [7, 11) is 2.00. The van der Waals surface area contributed by atoms with Crippen LogP contribution < -0.4 is 11.2 Å². The monoisotopic (exact) mass is 290 g/mol. The third-order valence-corrected chi connectivity index (χ3v) is 2.74. The van der Waals surface area contributed by atoms with Crippen LogP contribution in [0.3, 0.4) is 0 Å². The van der Waals surface area contributed by atoms with E-state index in [-0.39, 0.29) is 24.5 Å². The van der Waals surface area contributed by atoms with Crippen molar-refractivity contribution < 1.29 is 20.1 Å². The molecule has 0 spiro atoms. The molecule has 0 bridgehead atoms. The van der Waals surface area contributed by atoms with Gasteiger partial charge < -0.3 is 20.1 Å². The summed E-state index contributed by atoms with van der Waals surface area (Å²) >= 11 is 0. The van der Waals surface area contributed by atoms with Gasteiger partial charge in [-0.15, -0.1) is 0 Å². The Balaban J connectivity index is 0.000000829. The summed E-state index contributed by atoms with van der Waals surface area (Å²) < 4.78 is 6.83. The first-order valence-corrected chi connectivity index (χ1v) is 6.09. The van der Waals surface area contributed by atoms with E-state index in [4.69, 9.17) is 20.1 Å². The van der Waals surface area contributed by atoms with E-state index in [0.29, 0.717) is 18.4 Å². The number of aliphatic hydroxyl groups excluding tert-OH is 3. The maximum atomic E-state index is 11.5. The molecule has 1 aliphatic heterocycles. The molecule has 0 saturated carbocycles. The number of nitrogens with one attached hydrogen (secondary N) is 1. The molecule has 0 radical (unpaired) electrons. The Morgan fingerprint density at radius 3 is 2.40 bits per heavy atom. The molecule has 8 heteroatoms. The van der Waals surface area contributed by atoms with E-state index in [1.807, 2.05) is 0 Å². The normalized spacial score (nSPS) is 20.5. The number of aryl methyl sites for hydroxylation is 1. The van der Waals surface area contributed by atoms with Crippen molar-refractivity contribution in [2.24, 2.45) is 0 Å². The summed E-state index contributed by atoms with van der Waals surface area (Å²) in [6, 6.07) is 0. The van der Waals surface area contributed by atoms with Crippen LogP contribution in [0.25, 0.3) is 0 Å². The summed E-state index contributed by atoms with van der Waals surface area (Å²) in [5.74, 6) is 0. The lowest BCUT2D eigenvalue weighted by Gasteiger charge is -2.14. The molecule has 1 aromatic heterocycles. The minimum absolute atomic E-state index is 0.0480. The number of hydrogen-bond donors (Lipinski definition) is 4. The second kappa shape index (κ2) is 9.43. The van der Waals surface area contributed by atoms with Crippen LogP contribution in [0.1, 0.15) is 24.6 Å². The highest BCUT2D eigenvalue weighted by molar-refractivity contribution is 5.01. The van der Waals surface area contributed by atoms with Gasteiger partial charge in [0.05, 0.1) is 12.7 Å². The van der Waals surface area contributed by atoms with E-state index in [2.05, 4.69) is 4.98 Å². The molecule has 2 atom stereocenters. The fraction of sp³-hybridized carbons (Fsp3) is 0.667. The zero-order valence-corrected chi connectivity index (χ0v) is 11.9. The maximum absolute atomic E-state index is 11.5. The lowest BCUT2D eigenvalue weighted by molar-refractivity contribution is -0.0247. The SMILES string of the molecule is CO.CO.Cc1cn(C2CCC(CO)O2)c(=O)[nH]c1=O. The largest absolute Gasteiger partial charge is 0.400 e. The predicted octanol–water partition coefficient (Wildman–Crippen LogP) is -1.27. The van der Waals surface area contributed by atoms with Crippen molar-refractivity contribution >= 4 is 0 Å². The topological polar surface area (TPSA) is 125 Å². The first-order valence-electron chi connectivity index (χ1n) is 6.09. The standard InChI is InChI=1S/C10H14N2O4.2CH4O/c1-6-4-12(10(15)11-9(6)14)8-3-2-7(5-13)16-8;2*1-2/h4,7-8,13H,2-3,5H2,1H3,(H,11,14,15);2*2H,1H3. The average molecular weight is 290 g/mol. The van der Waals surface area contributed by atoms with Crippen LogP contribution in [-0.2, 0) is 4.74 Å². The van der Waals surface area contributed by atoms with E-state index >= 15 is 0 Å². The van der Waals surface area contributed by atoms with Gasteiger partial charge in [-0.1, -0.05) is 0 Å². The number of aromatic amines is 1. The van der Waals surface area contributed by atoms with Gasteiger partial charge in [0.25, 0.3) is 5.56 Å². The van der Waals surface area contributed by atoms with Crippen molar-refractivity contribution in [2.75, 3.05) is 20.8 Å². The van der Waals surface area contributed by atoms with E-state index in [1.54, 1.807) is 6.92 Å². The molecular formula is C12H22N2O6. The summed E-state index contributed by atoms with van der Waals surface area (Å²) in [5, 5.41) is 22.9. The van der Waals surface area contributed by atoms with Crippen molar-refractivity contribution in [3.05, 3.63) is 32.6 Å². The summed E-state index contributed by atoms with van der Waals surface area (Å²) in [6.45, 7) is 1.58. The number of aliphatic hydroxyl groups is 3. The van der Waals surface area contributed by atoms with Gasteiger partial charge in [0.1, 0.15) is 6.23 Å². The highest BCUT2D eigenvalue weighted by Gasteiger charge is 2.26. The van der Waals surface area contributed by atoms with Gasteiger partial charge in [-0.2, -0.15) is 0 Å². The fourth-order valence-electron chi connectivity index (χ4n) is 1.83. The molecule has 1 fully saturated rings. The van der Waals surface area contributed by atoms with Gasteiger partial charge in [-0.05, 0) is 19.8 Å². The molecule has 4 N–H and O–H groups in total. The van der Waals surface area contributed by atoms with Gasteiger partial charge in [0.15, 0.2) is 0 Å². The number of ether oxygens (including phenoxy) is 1. The minimum atomic E-state index is -0.473. The fourth-order valence-corrected chi connectivity index (χ4v) is 1.83. The molecule has 0 amide bonds.